The van der Waals surface area contributed by atoms with Crippen LogP contribution in [0.2, 0.25) is 5.02 Å². The van der Waals surface area contributed by atoms with Gasteiger partial charge in [0.05, 0.1) is 4.88 Å². The van der Waals surface area contributed by atoms with Crippen LogP contribution in [0.15, 0.2) is 47.8 Å². The molecule has 0 aliphatic carbocycles. The van der Waals surface area contributed by atoms with E-state index in [0.29, 0.717) is 49.9 Å². The molecule has 1 aromatic heterocycles. The van der Waals surface area contributed by atoms with Crippen molar-refractivity contribution in [1.29, 1.82) is 0 Å². The first-order chi connectivity index (χ1) is 15.4. The fraction of sp³-hybridized carbons (Fsp3) is 0.320. The van der Waals surface area contributed by atoms with Gasteiger partial charge in [-0.25, -0.2) is 4.39 Å². The van der Waals surface area contributed by atoms with Crippen LogP contribution in [0.1, 0.15) is 31.9 Å². The summed E-state index contributed by atoms with van der Waals surface area (Å²) in [5.74, 6) is 0.653. The number of rotatable bonds is 6. The van der Waals surface area contributed by atoms with Gasteiger partial charge in [-0.15, -0.1) is 11.3 Å². The molecule has 1 fully saturated rings. The average molecular weight is 473 g/mol. The van der Waals surface area contributed by atoms with Crippen molar-refractivity contribution < 1.29 is 13.9 Å². The Kier molecular flexibility index (Phi) is 7.13. The summed E-state index contributed by atoms with van der Waals surface area (Å²) in [6, 6.07) is 12.8. The van der Waals surface area contributed by atoms with Gasteiger partial charge in [0.1, 0.15) is 18.2 Å². The van der Waals surface area contributed by atoms with E-state index in [-0.39, 0.29) is 11.7 Å². The molecule has 0 atom stereocenters. The van der Waals surface area contributed by atoms with Gasteiger partial charge in [0.15, 0.2) is 0 Å². The first-order valence-corrected chi connectivity index (χ1v) is 11.9. The van der Waals surface area contributed by atoms with E-state index in [0.717, 1.165) is 27.3 Å². The first kappa shape index (κ1) is 22.8. The minimum atomic E-state index is -0.287. The Morgan fingerprint density at radius 3 is 2.47 bits per heavy atom. The molecule has 3 aromatic rings. The number of amides is 1. The fourth-order valence-electron chi connectivity index (χ4n) is 3.92. The van der Waals surface area contributed by atoms with Crippen molar-refractivity contribution in [1.82, 2.24) is 9.80 Å². The molecule has 4 rings (SSSR count). The van der Waals surface area contributed by atoms with Gasteiger partial charge in [-0.05, 0) is 48.6 Å². The monoisotopic (exact) mass is 472 g/mol. The summed E-state index contributed by atoms with van der Waals surface area (Å²) in [6.45, 7) is 7.54. The van der Waals surface area contributed by atoms with Gasteiger partial charge in [-0.3, -0.25) is 9.69 Å². The fourth-order valence-corrected chi connectivity index (χ4v) is 5.00. The van der Waals surface area contributed by atoms with Crippen molar-refractivity contribution in [3.63, 3.8) is 0 Å². The van der Waals surface area contributed by atoms with Crippen molar-refractivity contribution in [2.75, 3.05) is 26.2 Å². The predicted molar refractivity (Wildman–Crippen MR) is 127 cm³/mol. The highest BCUT2D eigenvalue weighted by Crippen LogP contribution is 2.26. The van der Waals surface area contributed by atoms with E-state index in [9.17, 15) is 9.18 Å². The van der Waals surface area contributed by atoms with Gasteiger partial charge in [0, 0.05) is 48.9 Å². The zero-order valence-corrected chi connectivity index (χ0v) is 19.8. The second kappa shape index (κ2) is 10.0. The van der Waals surface area contributed by atoms with Crippen molar-refractivity contribution in [2.45, 2.75) is 27.0 Å². The summed E-state index contributed by atoms with van der Waals surface area (Å²) in [7, 11) is 0. The van der Waals surface area contributed by atoms with Crippen LogP contribution in [0.25, 0.3) is 0 Å². The molecule has 0 N–H and O–H groups in total. The Balaban J connectivity index is 1.31. The topological polar surface area (TPSA) is 32.8 Å². The van der Waals surface area contributed by atoms with E-state index in [1.54, 1.807) is 12.1 Å². The number of para-hydroxylation sites is 1. The summed E-state index contributed by atoms with van der Waals surface area (Å²) < 4.78 is 20.1. The summed E-state index contributed by atoms with van der Waals surface area (Å²) in [6.07, 6.45) is 0. The average Bonchev–Trinajstić information content (AvgIpc) is 3.25. The molecular weight excluding hydrogens is 447 g/mol. The summed E-state index contributed by atoms with van der Waals surface area (Å²) >= 11 is 7.60. The zero-order chi connectivity index (χ0) is 22.7. The molecule has 2 aromatic carbocycles. The summed E-state index contributed by atoms with van der Waals surface area (Å²) in [5.41, 5.74) is 3.71. The van der Waals surface area contributed by atoms with E-state index in [1.165, 1.54) is 17.4 Å². The number of aryl methyl sites for hydroxylation is 2. The number of piperazine rings is 1. The number of halogens is 2. The van der Waals surface area contributed by atoms with Gasteiger partial charge in [-0.2, -0.15) is 0 Å². The Morgan fingerprint density at radius 1 is 1.09 bits per heavy atom. The van der Waals surface area contributed by atoms with Crippen LogP contribution in [0, 0.1) is 19.7 Å². The van der Waals surface area contributed by atoms with Crippen molar-refractivity contribution in [3.8, 4) is 5.75 Å². The number of benzene rings is 2. The first-order valence-electron chi connectivity index (χ1n) is 10.6. The smallest absolute Gasteiger partial charge is 0.264 e. The van der Waals surface area contributed by atoms with Crippen LogP contribution in [0.4, 0.5) is 4.39 Å². The molecule has 1 aliphatic rings. The quantitative estimate of drug-likeness (QED) is 0.461. The molecule has 32 heavy (non-hydrogen) atoms. The maximum absolute atomic E-state index is 14.1. The Bertz CT molecular complexity index is 1070. The highest BCUT2D eigenvalue weighted by Gasteiger charge is 2.24. The molecule has 2 heterocycles. The Labute approximate surface area is 197 Å². The summed E-state index contributed by atoms with van der Waals surface area (Å²) in [4.78, 5) is 17.7. The highest BCUT2D eigenvalue weighted by molar-refractivity contribution is 7.12. The lowest BCUT2D eigenvalue weighted by molar-refractivity contribution is 0.0631. The molecule has 1 saturated heterocycles. The van der Waals surface area contributed by atoms with Gasteiger partial charge in [0.25, 0.3) is 5.91 Å². The maximum Gasteiger partial charge on any atom is 0.264 e. The molecule has 168 valence electrons. The molecule has 1 amide bonds. The van der Waals surface area contributed by atoms with E-state index in [1.807, 2.05) is 48.4 Å². The van der Waals surface area contributed by atoms with Crippen molar-refractivity contribution in [2.24, 2.45) is 0 Å². The zero-order valence-electron chi connectivity index (χ0n) is 18.2. The number of hydrogen-bond acceptors (Lipinski definition) is 4. The molecule has 0 spiro atoms. The van der Waals surface area contributed by atoms with Crippen LogP contribution >= 0.6 is 22.9 Å². The minimum Gasteiger partial charge on any atom is -0.488 e. The van der Waals surface area contributed by atoms with Crippen LogP contribution < -0.4 is 4.74 Å². The third kappa shape index (κ3) is 5.14. The highest BCUT2D eigenvalue weighted by atomic mass is 35.5. The van der Waals surface area contributed by atoms with Gasteiger partial charge < -0.3 is 9.64 Å². The molecule has 4 nitrogen and oxygen atoms in total. The standard InChI is InChI=1S/C25H26ClFN2O2S/c1-17-5-3-6-18(2)24(17)31-15-19-13-23(32-16-19)25(30)29-11-9-28(10-12-29)14-20-21(26)7-4-8-22(20)27/h3-8,13,16H,9-12,14-15H2,1-2H3. The molecular formula is C25H26ClFN2O2S. The van der Waals surface area contributed by atoms with Crippen LogP contribution in [-0.4, -0.2) is 41.9 Å². The SMILES string of the molecule is Cc1cccc(C)c1OCc1csc(C(=O)N2CCN(Cc3c(F)cccc3Cl)CC2)c1. The minimum absolute atomic E-state index is 0.0388. The molecule has 0 bridgehead atoms. The number of hydrogen-bond donors (Lipinski definition) is 0. The molecule has 1 aliphatic heterocycles. The molecule has 0 saturated carbocycles. The second-order valence-corrected chi connectivity index (χ2v) is 9.42. The molecule has 0 radical (unpaired) electrons. The number of carbonyl (C=O) groups excluding carboxylic acids is 1. The molecule has 7 heteroatoms. The van der Waals surface area contributed by atoms with Gasteiger partial charge in [-0.1, -0.05) is 35.9 Å². The van der Waals surface area contributed by atoms with Gasteiger partial charge in [0.2, 0.25) is 0 Å². The van der Waals surface area contributed by atoms with E-state index < -0.39 is 0 Å². The van der Waals surface area contributed by atoms with Gasteiger partial charge >= 0.3 is 0 Å². The normalized spacial score (nSPS) is 14.6. The number of carbonyl (C=O) groups is 1. The molecule has 0 unspecified atom stereocenters. The van der Waals surface area contributed by atoms with E-state index >= 15 is 0 Å². The summed E-state index contributed by atoms with van der Waals surface area (Å²) in [5, 5.41) is 2.43. The third-order valence-corrected chi connectivity index (χ3v) is 7.08. The van der Waals surface area contributed by atoms with Crippen LogP contribution in [0.3, 0.4) is 0 Å². The van der Waals surface area contributed by atoms with Crippen molar-refractivity contribution in [3.05, 3.63) is 85.8 Å². The number of nitrogens with zero attached hydrogens (tertiary/aromatic N) is 2. The lowest BCUT2D eigenvalue weighted by atomic mass is 10.1. The van der Waals surface area contributed by atoms with Crippen LogP contribution in [0.5, 0.6) is 5.75 Å². The largest absolute Gasteiger partial charge is 0.488 e. The lowest BCUT2D eigenvalue weighted by Crippen LogP contribution is -2.48. The predicted octanol–water partition coefficient (Wildman–Crippen LogP) is 5.69. The maximum atomic E-state index is 14.1. The Hall–Kier alpha value is -2.41. The van der Waals surface area contributed by atoms with E-state index in [4.69, 9.17) is 16.3 Å². The lowest BCUT2D eigenvalue weighted by Gasteiger charge is -2.34. The van der Waals surface area contributed by atoms with Crippen molar-refractivity contribution >= 4 is 28.8 Å². The third-order valence-electron chi connectivity index (χ3n) is 5.76. The second-order valence-electron chi connectivity index (χ2n) is 8.10. The van der Waals surface area contributed by atoms with Crippen LogP contribution in [-0.2, 0) is 13.2 Å². The van der Waals surface area contributed by atoms with E-state index in [2.05, 4.69) is 4.90 Å². The number of ether oxygens (including phenoxy) is 1. The number of thiophene rings is 1. The Morgan fingerprint density at radius 2 is 1.78 bits per heavy atom.